The van der Waals surface area contributed by atoms with Crippen LogP contribution in [-0.2, 0) is 14.3 Å². The quantitative estimate of drug-likeness (QED) is 0.408. The Morgan fingerprint density at radius 1 is 1.42 bits per heavy atom. The van der Waals surface area contributed by atoms with Crippen LogP contribution in [0.25, 0.3) is 0 Å². The van der Waals surface area contributed by atoms with Gasteiger partial charge in [0.15, 0.2) is 0 Å². The summed E-state index contributed by atoms with van der Waals surface area (Å²) in [7, 11) is 0. The molecule has 7 unspecified atom stereocenters. The molecule has 2 saturated heterocycles. The monoisotopic (exact) mass is 264 g/mol. The van der Waals surface area contributed by atoms with Crippen molar-refractivity contribution in [2.75, 3.05) is 0 Å². The van der Waals surface area contributed by atoms with E-state index in [0.717, 1.165) is 18.4 Å². The Bertz CT molecular complexity index is 496. The SMILES string of the molecule is CC1=C2C(O)C3OC3(C)C2C2OC(=O)C(C)C2CC1. The Balaban J connectivity index is 1.81. The van der Waals surface area contributed by atoms with Crippen molar-refractivity contribution in [1.82, 2.24) is 0 Å². The zero-order valence-electron chi connectivity index (χ0n) is 11.6. The third-order valence-electron chi connectivity index (χ3n) is 5.81. The van der Waals surface area contributed by atoms with Gasteiger partial charge in [0, 0.05) is 5.92 Å². The lowest BCUT2D eigenvalue weighted by atomic mass is 9.79. The number of aliphatic hydroxyl groups excluding tert-OH is 1. The number of hydrogen-bond acceptors (Lipinski definition) is 4. The van der Waals surface area contributed by atoms with Crippen molar-refractivity contribution in [2.45, 2.75) is 57.5 Å². The molecule has 0 aromatic carbocycles. The Kier molecular flexibility index (Phi) is 2.14. The van der Waals surface area contributed by atoms with Crippen molar-refractivity contribution >= 4 is 5.97 Å². The van der Waals surface area contributed by atoms with Crippen molar-refractivity contribution in [1.29, 1.82) is 0 Å². The first-order valence-corrected chi connectivity index (χ1v) is 7.21. The van der Waals surface area contributed by atoms with Crippen LogP contribution in [0.15, 0.2) is 11.1 Å². The van der Waals surface area contributed by atoms with Crippen molar-refractivity contribution < 1.29 is 19.4 Å². The molecule has 0 aromatic heterocycles. The van der Waals surface area contributed by atoms with Crippen LogP contribution >= 0.6 is 0 Å². The minimum absolute atomic E-state index is 0.0318. The number of carbonyl (C=O) groups is 1. The molecule has 0 amide bonds. The summed E-state index contributed by atoms with van der Waals surface area (Å²) in [6, 6.07) is 0. The number of esters is 1. The molecule has 4 heteroatoms. The van der Waals surface area contributed by atoms with E-state index in [1.54, 1.807) is 0 Å². The number of hydrogen-bond donors (Lipinski definition) is 1. The standard InChI is InChI=1S/C15H20O4/c1-6-4-5-8-7(2)14(17)18-12(8)10-9(6)11(16)13-15(10,3)19-13/h7-8,10-13,16H,4-5H2,1-3H3. The normalized spacial score (nSPS) is 55.3. The zero-order chi connectivity index (χ0) is 13.5. The molecule has 1 N–H and O–H groups in total. The number of rotatable bonds is 0. The number of carbonyl (C=O) groups excluding carboxylic acids is 1. The molecule has 7 atom stereocenters. The highest BCUT2D eigenvalue weighted by Gasteiger charge is 2.73. The summed E-state index contributed by atoms with van der Waals surface area (Å²) >= 11 is 0. The molecular weight excluding hydrogens is 244 g/mol. The van der Waals surface area contributed by atoms with E-state index in [2.05, 4.69) is 6.92 Å². The summed E-state index contributed by atoms with van der Waals surface area (Å²) in [5.41, 5.74) is 2.04. The van der Waals surface area contributed by atoms with Gasteiger partial charge in [-0.25, -0.2) is 0 Å². The smallest absolute Gasteiger partial charge is 0.309 e. The Labute approximate surface area is 112 Å². The van der Waals surface area contributed by atoms with Gasteiger partial charge in [0.2, 0.25) is 0 Å². The summed E-state index contributed by atoms with van der Waals surface area (Å²) in [6.45, 7) is 6.12. The molecule has 4 rings (SSSR count). The Morgan fingerprint density at radius 3 is 2.89 bits per heavy atom. The highest BCUT2D eigenvalue weighted by Crippen LogP contribution is 2.62. The molecule has 0 aromatic rings. The fourth-order valence-corrected chi connectivity index (χ4v) is 4.59. The fraction of sp³-hybridized carbons (Fsp3) is 0.800. The average molecular weight is 264 g/mol. The largest absolute Gasteiger partial charge is 0.461 e. The van der Waals surface area contributed by atoms with Crippen LogP contribution in [0.1, 0.15) is 33.6 Å². The van der Waals surface area contributed by atoms with Crippen LogP contribution in [0.5, 0.6) is 0 Å². The summed E-state index contributed by atoms with van der Waals surface area (Å²) < 4.78 is 11.4. The fourth-order valence-electron chi connectivity index (χ4n) is 4.59. The zero-order valence-corrected chi connectivity index (χ0v) is 11.6. The number of aliphatic hydroxyl groups is 1. The second-order valence-corrected chi connectivity index (χ2v) is 6.77. The van der Waals surface area contributed by atoms with Crippen molar-refractivity contribution in [3.8, 4) is 0 Å². The van der Waals surface area contributed by atoms with Crippen molar-refractivity contribution in [3.63, 3.8) is 0 Å². The minimum Gasteiger partial charge on any atom is -0.461 e. The van der Waals surface area contributed by atoms with E-state index >= 15 is 0 Å². The maximum atomic E-state index is 11.9. The summed E-state index contributed by atoms with van der Waals surface area (Å²) in [5.74, 6) is 0.192. The molecule has 0 bridgehead atoms. The molecule has 2 heterocycles. The third-order valence-corrected chi connectivity index (χ3v) is 5.81. The van der Waals surface area contributed by atoms with Crippen LogP contribution in [0.2, 0.25) is 0 Å². The van der Waals surface area contributed by atoms with Crippen LogP contribution < -0.4 is 0 Å². The second kappa shape index (κ2) is 3.41. The molecule has 1 saturated carbocycles. The second-order valence-electron chi connectivity index (χ2n) is 6.77. The lowest BCUT2D eigenvalue weighted by Crippen LogP contribution is -2.36. The van der Waals surface area contributed by atoms with E-state index in [-0.39, 0.29) is 41.5 Å². The van der Waals surface area contributed by atoms with Gasteiger partial charge < -0.3 is 14.6 Å². The number of ether oxygens (including phenoxy) is 2. The molecule has 2 aliphatic carbocycles. The van der Waals surface area contributed by atoms with E-state index in [9.17, 15) is 9.90 Å². The van der Waals surface area contributed by atoms with E-state index in [0.29, 0.717) is 0 Å². The predicted octanol–water partition coefficient (Wildman–Crippen LogP) is 1.42. The highest BCUT2D eigenvalue weighted by molar-refractivity contribution is 5.75. The summed E-state index contributed by atoms with van der Waals surface area (Å²) in [6.07, 6.45) is 1.20. The molecule has 2 aliphatic heterocycles. The number of allylic oxidation sites excluding steroid dienone is 1. The highest BCUT2D eigenvalue weighted by atomic mass is 16.6. The number of epoxide rings is 1. The molecule has 0 spiro atoms. The van der Waals surface area contributed by atoms with Gasteiger partial charge in [0.1, 0.15) is 23.9 Å². The van der Waals surface area contributed by atoms with Gasteiger partial charge in [0.05, 0.1) is 11.8 Å². The predicted molar refractivity (Wildman–Crippen MR) is 67.2 cm³/mol. The molecule has 104 valence electrons. The van der Waals surface area contributed by atoms with E-state index in [1.807, 2.05) is 13.8 Å². The molecule has 0 radical (unpaired) electrons. The molecule has 19 heavy (non-hydrogen) atoms. The van der Waals surface area contributed by atoms with E-state index in [4.69, 9.17) is 9.47 Å². The average Bonchev–Trinajstić information content (AvgIpc) is 2.94. The van der Waals surface area contributed by atoms with Crippen LogP contribution in [0.4, 0.5) is 0 Å². The first kappa shape index (κ1) is 11.9. The lowest BCUT2D eigenvalue weighted by molar-refractivity contribution is -0.145. The summed E-state index contributed by atoms with van der Waals surface area (Å²) in [4.78, 5) is 11.9. The summed E-state index contributed by atoms with van der Waals surface area (Å²) in [5, 5.41) is 10.4. The van der Waals surface area contributed by atoms with Crippen LogP contribution in [0, 0.1) is 17.8 Å². The van der Waals surface area contributed by atoms with Crippen molar-refractivity contribution in [2.24, 2.45) is 17.8 Å². The molecule has 4 aliphatic rings. The van der Waals surface area contributed by atoms with Gasteiger partial charge in [-0.15, -0.1) is 0 Å². The molecular formula is C15H20O4. The molecule has 4 nitrogen and oxygen atoms in total. The first-order chi connectivity index (χ1) is 8.95. The van der Waals surface area contributed by atoms with Gasteiger partial charge in [-0.05, 0) is 32.3 Å². The van der Waals surface area contributed by atoms with Gasteiger partial charge in [0.25, 0.3) is 0 Å². The maximum absolute atomic E-state index is 11.9. The topological polar surface area (TPSA) is 59.1 Å². The minimum atomic E-state index is -0.511. The first-order valence-electron chi connectivity index (χ1n) is 7.21. The van der Waals surface area contributed by atoms with Crippen molar-refractivity contribution in [3.05, 3.63) is 11.1 Å². The number of fused-ring (bicyclic) bond motifs is 5. The van der Waals surface area contributed by atoms with Crippen LogP contribution in [-0.4, -0.2) is 35.0 Å². The Morgan fingerprint density at radius 2 is 2.16 bits per heavy atom. The maximum Gasteiger partial charge on any atom is 0.309 e. The molecule has 3 fully saturated rings. The van der Waals surface area contributed by atoms with Crippen LogP contribution in [0.3, 0.4) is 0 Å². The van der Waals surface area contributed by atoms with Gasteiger partial charge in [-0.2, -0.15) is 0 Å². The lowest BCUT2D eigenvalue weighted by Gasteiger charge is -2.28. The Hall–Kier alpha value is -0.870. The van der Waals surface area contributed by atoms with Gasteiger partial charge in [-0.1, -0.05) is 12.5 Å². The van der Waals surface area contributed by atoms with Gasteiger partial charge in [-0.3, -0.25) is 4.79 Å². The van der Waals surface area contributed by atoms with E-state index < -0.39 is 6.10 Å². The van der Waals surface area contributed by atoms with E-state index in [1.165, 1.54) is 5.57 Å². The third kappa shape index (κ3) is 1.29. The van der Waals surface area contributed by atoms with Gasteiger partial charge >= 0.3 is 5.97 Å².